The Morgan fingerprint density at radius 1 is 1.30 bits per heavy atom. The summed E-state index contributed by atoms with van der Waals surface area (Å²) >= 11 is 3.39. The number of methoxy groups -OCH3 is 2. The number of rotatable bonds is 6. The number of ether oxygens (including phenoxy) is 2. The Morgan fingerprint density at radius 3 is 2.61 bits per heavy atom. The first-order chi connectivity index (χ1) is 11.0. The predicted molar refractivity (Wildman–Crippen MR) is 89.4 cm³/mol. The van der Waals surface area contributed by atoms with Gasteiger partial charge >= 0.3 is 0 Å². The van der Waals surface area contributed by atoms with Gasteiger partial charge < -0.3 is 9.47 Å². The molecule has 0 unspecified atom stereocenters. The summed E-state index contributed by atoms with van der Waals surface area (Å²) in [6.07, 6.45) is 2.70. The normalized spacial score (nSPS) is 10.6. The Hall–Kier alpha value is -2.68. The van der Waals surface area contributed by atoms with Crippen LogP contribution in [0.4, 0.5) is 11.5 Å². The molecule has 2 aromatic rings. The molecule has 0 fully saturated rings. The number of aromatic nitrogens is 1. The zero-order valence-corrected chi connectivity index (χ0v) is 13.9. The van der Waals surface area contributed by atoms with E-state index in [-0.39, 0.29) is 5.69 Å². The molecule has 1 heterocycles. The molecular formula is C14H13BrN4O4. The van der Waals surface area contributed by atoms with E-state index in [0.717, 1.165) is 16.2 Å². The largest absolute Gasteiger partial charge is 0.496 e. The van der Waals surface area contributed by atoms with E-state index in [2.05, 4.69) is 31.4 Å². The average Bonchev–Trinajstić information content (AvgIpc) is 2.55. The number of pyridine rings is 1. The highest BCUT2D eigenvalue weighted by Gasteiger charge is 2.08. The summed E-state index contributed by atoms with van der Waals surface area (Å²) in [5.41, 5.74) is 3.33. The summed E-state index contributed by atoms with van der Waals surface area (Å²) in [7, 11) is 3.11. The summed E-state index contributed by atoms with van der Waals surface area (Å²) in [4.78, 5) is 13.9. The third kappa shape index (κ3) is 4.16. The van der Waals surface area contributed by atoms with Crippen molar-refractivity contribution in [2.75, 3.05) is 19.6 Å². The maximum absolute atomic E-state index is 10.6. The smallest absolute Gasteiger partial charge is 0.287 e. The molecule has 0 aliphatic carbocycles. The highest BCUT2D eigenvalue weighted by molar-refractivity contribution is 9.10. The Morgan fingerprint density at radius 2 is 2.04 bits per heavy atom. The number of halogens is 1. The first-order valence-electron chi connectivity index (χ1n) is 6.36. The van der Waals surface area contributed by atoms with E-state index >= 15 is 0 Å². The van der Waals surface area contributed by atoms with Crippen molar-refractivity contribution in [3.05, 3.63) is 50.6 Å². The molecule has 2 rings (SSSR count). The summed E-state index contributed by atoms with van der Waals surface area (Å²) < 4.78 is 11.2. The van der Waals surface area contributed by atoms with Crippen LogP contribution in [0.25, 0.3) is 0 Å². The predicted octanol–water partition coefficient (Wildman–Crippen LogP) is 3.22. The van der Waals surface area contributed by atoms with Crippen LogP contribution in [-0.4, -0.2) is 30.3 Å². The van der Waals surface area contributed by atoms with Crippen molar-refractivity contribution >= 4 is 33.6 Å². The summed E-state index contributed by atoms with van der Waals surface area (Å²) in [6.45, 7) is 0. The number of nitrogens with zero attached hydrogens (tertiary/aromatic N) is 3. The molecule has 1 N–H and O–H groups in total. The molecular weight excluding hydrogens is 368 g/mol. The van der Waals surface area contributed by atoms with Crippen LogP contribution in [0.5, 0.6) is 11.5 Å². The van der Waals surface area contributed by atoms with Crippen LogP contribution in [0.2, 0.25) is 0 Å². The lowest BCUT2D eigenvalue weighted by Crippen LogP contribution is -1.97. The Balaban J connectivity index is 2.13. The highest BCUT2D eigenvalue weighted by Crippen LogP contribution is 2.31. The van der Waals surface area contributed by atoms with Crippen LogP contribution < -0.4 is 14.9 Å². The molecule has 1 aromatic carbocycles. The first-order valence-corrected chi connectivity index (χ1v) is 7.15. The average molecular weight is 381 g/mol. The summed E-state index contributed by atoms with van der Waals surface area (Å²) in [5.74, 6) is 1.62. The van der Waals surface area contributed by atoms with Gasteiger partial charge in [-0.05, 0) is 28.1 Å². The van der Waals surface area contributed by atoms with Crippen molar-refractivity contribution in [2.24, 2.45) is 5.10 Å². The Kier molecular flexibility index (Phi) is 5.47. The van der Waals surface area contributed by atoms with Gasteiger partial charge in [-0.1, -0.05) is 0 Å². The quantitative estimate of drug-likeness (QED) is 0.469. The molecule has 0 aliphatic rings. The number of hydrogen-bond acceptors (Lipinski definition) is 7. The Bertz CT molecular complexity index is 734. The third-order valence-electron chi connectivity index (χ3n) is 2.85. The van der Waals surface area contributed by atoms with Gasteiger partial charge in [0.2, 0.25) is 0 Å². The molecule has 1 aromatic heterocycles. The van der Waals surface area contributed by atoms with E-state index in [1.807, 2.05) is 0 Å². The van der Waals surface area contributed by atoms with Crippen LogP contribution in [-0.2, 0) is 0 Å². The fourth-order valence-corrected chi connectivity index (χ4v) is 2.24. The summed E-state index contributed by atoms with van der Waals surface area (Å²) in [6, 6.07) is 6.34. The zero-order valence-electron chi connectivity index (χ0n) is 12.3. The van der Waals surface area contributed by atoms with E-state index in [1.165, 1.54) is 12.1 Å². The van der Waals surface area contributed by atoms with Gasteiger partial charge in [0, 0.05) is 17.7 Å². The van der Waals surface area contributed by atoms with Crippen LogP contribution >= 0.6 is 15.9 Å². The van der Waals surface area contributed by atoms with Gasteiger partial charge in [-0.2, -0.15) is 5.10 Å². The second-order valence-corrected chi connectivity index (χ2v) is 5.11. The molecule has 0 saturated carbocycles. The zero-order chi connectivity index (χ0) is 16.8. The molecule has 9 heteroatoms. The van der Waals surface area contributed by atoms with Crippen LogP contribution in [0.1, 0.15) is 5.56 Å². The number of nitro groups is 1. The van der Waals surface area contributed by atoms with Crippen LogP contribution in [0.15, 0.2) is 40.0 Å². The lowest BCUT2D eigenvalue weighted by molar-refractivity contribution is -0.385. The SMILES string of the molecule is COc1cc(OC)c(/C=N/Nc2ccc([N+](=O)[O-])cn2)cc1Br. The minimum atomic E-state index is -0.514. The van der Waals surface area contributed by atoms with Crippen molar-refractivity contribution in [3.8, 4) is 11.5 Å². The highest BCUT2D eigenvalue weighted by atomic mass is 79.9. The van der Waals surface area contributed by atoms with E-state index in [9.17, 15) is 10.1 Å². The van der Waals surface area contributed by atoms with Gasteiger partial charge in [0.1, 0.15) is 23.5 Å². The van der Waals surface area contributed by atoms with E-state index in [0.29, 0.717) is 17.3 Å². The molecule has 0 atom stereocenters. The number of anilines is 1. The van der Waals surface area contributed by atoms with Gasteiger partial charge in [0.05, 0.1) is 29.8 Å². The summed E-state index contributed by atoms with van der Waals surface area (Å²) in [5, 5.41) is 14.6. The van der Waals surface area contributed by atoms with Crippen molar-refractivity contribution in [1.29, 1.82) is 0 Å². The standard InChI is InChI=1S/C14H13BrN4O4/c1-22-12-6-13(23-2)11(15)5-9(12)7-17-18-14-4-3-10(8-16-14)19(20)21/h3-8H,1-2H3,(H,16,18)/b17-7+. The molecule has 23 heavy (non-hydrogen) atoms. The van der Waals surface area contributed by atoms with Crippen molar-refractivity contribution in [2.45, 2.75) is 0 Å². The fraction of sp³-hybridized carbons (Fsp3) is 0.143. The second kappa shape index (κ2) is 7.54. The first kappa shape index (κ1) is 16.7. The van der Waals surface area contributed by atoms with Crippen molar-refractivity contribution < 1.29 is 14.4 Å². The minimum absolute atomic E-state index is 0.0831. The number of hydrogen-bond donors (Lipinski definition) is 1. The molecule has 120 valence electrons. The van der Waals surface area contributed by atoms with Crippen molar-refractivity contribution in [1.82, 2.24) is 4.98 Å². The second-order valence-electron chi connectivity index (χ2n) is 4.26. The lowest BCUT2D eigenvalue weighted by atomic mass is 10.2. The van der Waals surface area contributed by atoms with Crippen LogP contribution in [0.3, 0.4) is 0 Å². The van der Waals surface area contributed by atoms with Crippen LogP contribution in [0, 0.1) is 10.1 Å². The van der Waals surface area contributed by atoms with Crippen molar-refractivity contribution in [3.63, 3.8) is 0 Å². The molecule has 0 spiro atoms. The third-order valence-corrected chi connectivity index (χ3v) is 3.47. The topological polar surface area (TPSA) is 98.9 Å². The molecule has 0 radical (unpaired) electrons. The van der Waals surface area contributed by atoms with Gasteiger partial charge in [-0.15, -0.1) is 0 Å². The van der Waals surface area contributed by atoms with Gasteiger partial charge in [-0.3, -0.25) is 15.5 Å². The number of benzene rings is 1. The minimum Gasteiger partial charge on any atom is -0.496 e. The fourth-order valence-electron chi connectivity index (χ4n) is 1.71. The monoisotopic (exact) mass is 380 g/mol. The van der Waals surface area contributed by atoms with Gasteiger partial charge in [0.15, 0.2) is 0 Å². The molecule has 0 saturated heterocycles. The maximum Gasteiger partial charge on any atom is 0.287 e. The number of nitrogens with one attached hydrogen (secondary N) is 1. The molecule has 0 bridgehead atoms. The molecule has 0 aliphatic heterocycles. The lowest BCUT2D eigenvalue weighted by Gasteiger charge is -2.09. The molecule has 8 nitrogen and oxygen atoms in total. The van der Waals surface area contributed by atoms with E-state index in [4.69, 9.17) is 9.47 Å². The van der Waals surface area contributed by atoms with E-state index < -0.39 is 4.92 Å². The van der Waals surface area contributed by atoms with Gasteiger partial charge in [-0.25, -0.2) is 4.98 Å². The van der Waals surface area contributed by atoms with E-state index in [1.54, 1.807) is 32.6 Å². The Labute approximate surface area is 140 Å². The maximum atomic E-state index is 10.6. The molecule has 0 amide bonds. The van der Waals surface area contributed by atoms with Gasteiger partial charge in [0.25, 0.3) is 5.69 Å². The number of hydrazone groups is 1.